The normalized spacial score (nSPS) is 19.0. The van der Waals surface area contributed by atoms with E-state index in [1.807, 2.05) is 4.90 Å². The van der Waals surface area contributed by atoms with Crippen LogP contribution in [0.1, 0.15) is 31.7 Å². The molecule has 0 radical (unpaired) electrons. The predicted octanol–water partition coefficient (Wildman–Crippen LogP) is 4.80. The number of aromatic nitrogens is 4. The van der Waals surface area contributed by atoms with E-state index in [0.717, 1.165) is 31.9 Å². The van der Waals surface area contributed by atoms with Crippen LogP contribution in [0, 0.1) is 5.82 Å². The van der Waals surface area contributed by atoms with Crippen molar-refractivity contribution in [1.29, 1.82) is 0 Å². The zero-order chi connectivity index (χ0) is 25.3. The van der Waals surface area contributed by atoms with Gasteiger partial charge in [-0.3, -0.25) is 0 Å². The van der Waals surface area contributed by atoms with Crippen LogP contribution in [0.5, 0.6) is 0 Å². The van der Waals surface area contributed by atoms with E-state index in [2.05, 4.69) is 21.8 Å². The number of piperidine rings is 1. The van der Waals surface area contributed by atoms with Gasteiger partial charge in [0.1, 0.15) is 11.6 Å². The molecule has 0 saturated carbocycles. The van der Waals surface area contributed by atoms with Gasteiger partial charge in [0.2, 0.25) is 11.9 Å². The summed E-state index contributed by atoms with van der Waals surface area (Å²) in [6.45, 7) is 4.51. The monoisotopic (exact) mass is 501 g/mol. The third kappa shape index (κ3) is 5.05. The average molecular weight is 502 g/mol. The molecule has 1 atom stereocenters. The van der Waals surface area contributed by atoms with Gasteiger partial charge in [0, 0.05) is 50.5 Å². The summed E-state index contributed by atoms with van der Waals surface area (Å²) in [5, 5.41) is 0. The lowest BCUT2D eigenvalue weighted by atomic mass is 10.0. The third-order valence-electron chi connectivity index (χ3n) is 6.73. The zero-order valence-electron chi connectivity index (χ0n) is 19.9. The fourth-order valence-corrected chi connectivity index (χ4v) is 4.74. The van der Waals surface area contributed by atoms with Crippen LogP contribution in [-0.4, -0.2) is 58.7 Å². The van der Waals surface area contributed by atoms with Gasteiger partial charge in [-0.15, -0.1) is 0 Å². The highest BCUT2D eigenvalue weighted by atomic mass is 19.4. The number of rotatable bonds is 4. The number of piperazine rings is 1. The van der Waals surface area contributed by atoms with Crippen molar-refractivity contribution in [3.05, 3.63) is 54.0 Å². The minimum atomic E-state index is -4.47. The molecule has 1 aromatic carbocycles. The van der Waals surface area contributed by atoms with Crippen LogP contribution < -0.4 is 14.7 Å². The zero-order valence-corrected chi connectivity index (χ0v) is 19.9. The Bertz CT molecular complexity index is 1190. The highest BCUT2D eigenvalue weighted by Gasteiger charge is 2.36. The predicted molar refractivity (Wildman–Crippen MR) is 130 cm³/mol. The molecule has 11 heteroatoms. The molecule has 2 fully saturated rings. The van der Waals surface area contributed by atoms with E-state index < -0.39 is 11.7 Å². The van der Waals surface area contributed by atoms with Gasteiger partial charge in [0.05, 0.1) is 5.56 Å². The number of pyridine rings is 1. The maximum atomic E-state index is 13.5. The molecular weight excluding hydrogens is 474 g/mol. The molecule has 36 heavy (non-hydrogen) atoms. The minimum Gasteiger partial charge on any atom is -0.353 e. The van der Waals surface area contributed by atoms with E-state index in [1.165, 1.54) is 24.4 Å². The highest BCUT2D eigenvalue weighted by molar-refractivity contribution is 5.59. The molecule has 0 bridgehead atoms. The van der Waals surface area contributed by atoms with Crippen molar-refractivity contribution in [2.24, 2.45) is 0 Å². The van der Waals surface area contributed by atoms with Crippen molar-refractivity contribution in [3.8, 4) is 11.4 Å². The van der Waals surface area contributed by atoms with Gasteiger partial charge in [0.15, 0.2) is 5.82 Å². The van der Waals surface area contributed by atoms with E-state index in [1.54, 1.807) is 17.0 Å². The van der Waals surface area contributed by atoms with Crippen molar-refractivity contribution in [3.63, 3.8) is 0 Å². The molecule has 2 saturated heterocycles. The van der Waals surface area contributed by atoms with E-state index in [-0.39, 0.29) is 17.7 Å². The lowest BCUT2D eigenvalue weighted by molar-refractivity contribution is -0.137. The van der Waals surface area contributed by atoms with Crippen LogP contribution in [0.4, 0.5) is 35.3 Å². The van der Waals surface area contributed by atoms with Crippen molar-refractivity contribution < 1.29 is 17.6 Å². The number of benzene rings is 1. The van der Waals surface area contributed by atoms with Crippen LogP contribution in [0.2, 0.25) is 0 Å². The summed E-state index contributed by atoms with van der Waals surface area (Å²) in [5.41, 5.74) is -0.0634. The Morgan fingerprint density at radius 3 is 2.22 bits per heavy atom. The first kappa shape index (κ1) is 24.2. The first-order valence-corrected chi connectivity index (χ1v) is 12.1. The number of halogens is 4. The Hall–Kier alpha value is -3.50. The molecule has 0 aliphatic carbocycles. The summed E-state index contributed by atoms with van der Waals surface area (Å²) in [5.74, 6) is 1.07. The van der Waals surface area contributed by atoms with Gasteiger partial charge in [-0.25, -0.2) is 9.37 Å². The Morgan fingerprint density at radius 1 is 0.833 bits per heavy atom. The van der Waals surface area contributed by atoms with Gasteiger partial charge < -0.3 is 14.7 Å². The second-order valence-electron chi connectivity index (χ2n) is 9.15. The van der Waals surface area contributed by atoms with E-state index >= 15 is 0 Å². The molecule has 7 nitrogen and oxygen atoms in total. The standard InChI is InChI=1S/C25H27F4N7/c1-17-5-2-3-12-36(17)24-32-21(18-7-9-19(26)10-8-18)31-23(33-24)35-15-13-34(14-16-35)22-20(25(27,28)29)6-4-11-30-22/h4,6-11,17H,2-3,5,12-16H2,1H3. The summed E-state index contributed by atoms with van der Waals surface area (Å²) in [7, 11) is 0. The Kier molecular flexibility index (Phi) is 6.63. The second kappa shape index (κ2) is 9.87. The summed E-state index contributed by atoms with van der Waals surface area (Å²) in [6, 6.07) is 8.63. The molecule has 2 aliphatic heterocycles. The Balaban J connectivity index is 1.43. The van der Waals surface area contributed by atoms with Gasteiger partial charge >= 0.3 is 6.18 Å². The van der Waals surface area contributed by atoms with E-state index in [9.17, 15) is 17.6 Å². The molecule has 0 N–H and O–H groups in total. The Labute approximate surface area is 206 Å². The fraction of sp³-hybridized carbons (Fsp3) is 0.440. The summed E-state index contributed by atoms with van der Waals surface area (Å²) in [6.07, 6.45) is 0.136. The highest BCUT2D eigenvalue weighted by Crippen LogP contribution is 2.35. The van der Waals surface area contributed by atoms with Crippen LogP contribution in [0.25, 0.3) is 11.4 Å². The molecule has 2 aliphatic rings. The van der Waals surface area contributed by atoms with E-state index in [0.29, 0.717) is 49.5 Å². The van der Waals surface area contributed by atoms with Gasteiger partial charge in [-0.2, -0.15) is 28.1 Å². The minimum absolute atomic E-state index is 0.0601. The SMILES string of the molecule is CC1CCCCN1c1nc(-c2ccc(F)cc2)nc(N2CCN(c3ncccc3C(F)(F)F)CC2)n1. The van der Waals surface area contributed by atoms with Crippen LogP contribution in [-0.2, 0) is 6.18 Å². The number of hydrogen-bond acceptors (Lipinski definition) is 7. The molecular formula is C25H27F4N7. The summed E-state index contributed by atoms with van der Waals surface area (Å²) < 4.78 is 54.0. The molecule has 1 unspecified atom stereocenters. The molecule has 4 heterocycles. The third-order valence-corrected chi connectivity index (χ3v) is 6.73. The van der Waals surface area contributed by atoms with Gasteiger partial charge in [-0.05, 0) is 62.6 Å². The smallest absolute Gasteiger partial charge is 0.353 e. The first-order chi connectivity index (χ1) is 17.3. The molecule has 5 rings (SSSR count). The number of anilines is 3. The lowest BCUT2D eigenvalue weighted by Gasteiger charge is -2.37. The molecule has 0 amide bonds. The van der Waals surface area contributed by atoms with Gasteiger partial charge in [-0.1, -0.05) is 0 Å². The molecule has 0 spiro atoms. The number of hydrogen-bond donors (Lipinski definition) is 0. The maximum Gasteiger partial charge on any atom is 0.419 e. The lowest BCUT2D eigenvalue weighted by Crippen LogP contribution is -2.48. The molecule has 2 aromatic heterocycles. The summed E-state index contributed by atoms with van der Waals surface area (Å²) >= 11 is 0. The fourth-order valence-electron chi connectivity index (χ4n) is 4.74. The molecule has 3 aromatic rings. The van der Waals surface area contributed by atoms with Crippen LogP contribution in [0.15, 0.2) is 42.6 Å². The first-order valence-electron chi connectivity index (χ1n) is 12.1. The Morgan fingerprint density at radius 2 is 1.53 bits per heavy atom. The maximum absolute atomic E-state index is 13.5. The number of nitrogens with zero attached hydrogens (tertiary/aromatic N) is 7. The van der Waals surface area contributed by atoms with Gasteiger partial charge in [0.25, 0.3) is 0 Å². The topological polar surface area (TPSA) is 61.3 Å². The van der Waals surface area contributed by atoms with Crippen LogP contribution in [0.3, 0.4) is 0 Å². The van der Waals surface area contributed by atoms with Crippen molar-refractivity contribution in [1.82, 2.24) is 19.9 Å². The largest absolute Gasteiger partial charge is 0.419 e. The van der Waals surface area contributed by atoms with Crippen molar-refractivity contribution >= 4 is 17.7 Å². The van der Waals surface area contributed by atoms with Crippen molar-refractivity contribution in [2.45, 2.75) is 38.4 Å². The molecule has 190 valence electrons. The van der Waals surface area contributed by atoms with E-state index in [4.69, 9.17) is 9.97 Å². The second-order valence-corrected chi connectivity index (χ2v) is 9.15. The van der Waals surface area contributed by atoms with Crippen LogP contribution >= 0.6 is 0 Å². The summed E-state index contributed by atoms with van der Waals surface area (Å²) in [4.78, 5) is 23.9. The quantitative estimate of drug-likeness (QED) is 0.476. The average Bonchev–Trinajstić information content (AvgIpc) is 2.89. The van der Waals surface area contributed by atoms with Crippen molar-refractivity contribution in [2.75, 3.05) is 47.4 Å². The number of alkyl halides is 3.